The van der Waals surface area contributed by atoms with Crippen LogP contribution in [0, 0.1) is 11.3 Å². The van der Waals surface area contributed by atoms with Crippen molar-refractivity contribution < 1.29 is 9.53 Å². The van der Waals surface area contributed by atoms with Gasteiger partial charge in [-0.15, -0.1) is 5.10 Å². The van der Waals surface area contributed by atoms with Gasteiger partial charge in [-0.05, 0) is 30.2 Å². The van der Waals surface area contributed by atoms with Crippen molar-refractivity contribution in [1.29, 1.82) is 5.26 Å². The Labute approximate surface area is 157 Å². The Morgan fingerprint density at radius 1 is 1.42 bits per heavy atom. The molecular formula is C16H25N7O2S. The van der Waals surface area contributed by atoms with Gasteiger partial charge in [0.15, 0.2) is 0 Å². The third kappa shape index (κ3) is 5.16. The van der Waals surface area contributed by atoms with Gasteiger partial charge in [0, 0.05) is 32.7 Å². The van der Waals surface area contributed by atoms with E-state index in [1.54, 1.807) is 4.90 Å². The number of hydrogen-bond donors (Lipinski definition) is 0. The minimum Gasteiger partial charge on any atom is -0.379 e. The highest BCUT2D eigenvalue weighted by molar-refractivity contribution is 8.00. The van der Waals surface area contributed by atoms with Crippen LogP contribution >= 0.6 is 11.8 Å². The Bertz CT molecular complexity index is 637. The quantitative estimate of drug-likeness (QED) is 0.574. The molecule has 2 heterocycles. The van der Waals surface area contributed by atoms with E-state index in [1.165, 1.54) is 11.8 Å². The number of rotatable bonds is 9. The predicted octanol–water partition coefficient (Wildman–Crippen LogP) is 0.563. The van der Waals surface area contributed by atoms with Gasteiger partial charge in [0.1, 0.15) is 0 Å². The summed E-state index contributed by atoms with van der Waals surface area (Å²) in [5.74, 6) is 0.0313. The Balaban J connectivity index is 1.56. The Morgan fingerprint density at radius 2 is 2.19 bits per heavy atom. The van der Waals surface area contributed by atoms with Gasteiger partial charge in [-0.25, -0.2) is 4.68 Å². The summed E-state index contributed by atoms with van der Waals surface area (Å²) in [7, 11) is 0. The monoisotopic (exact) mass is 379 g/mol. The zero-order valence-corrected chi connectivity index (χ0v) is 15.9. The number of nitrogens with zero attached hydrogens (tertiary/aromatic N) is 7. The van der Waals surface area contributed by atoms with Crippen LogP contribution in [0.1, 0.15) is 32.2 Å². The fourth-order valence-electron chi connectivity index (χ4n) is 2.88. The van der Waals surface area contributed by atoms with Gasteiger partial charge in [-0.1, -0.05) is 11.8 Å². The van der Waals surface area contributed by atoms with Crippen LogP contribution in [0.3, 0.4) is 0 Å². The second-order valence-corrected chi connectivity index (χ2v) is 7.89. The molecule has 1 saturated carbocycles. The van der Waals surface area contributed by atoms with Crippen LogP contribution in [0.2, 0.25) is 0 Å². The van der Waals surface area contributed by atoms with Crippen molar-refractivity contribution in [3.05, 3.63) is 0 Å². The molecule has 0 unspecified atom stereocenters. The van der Waals surface area contributed by atoms with E-state index in [-0.39, 0.29) is 11.2 Å². The molecule has 1 amide bonds. The van der Waals surface area contributed by atoms with Crippen LogP contribution in [-0.2, 0) is 9.53 Å². The third-order valence-corrected chi connectivity index (χ3v) is 5.62. The first kappa shape index (κ1) is 19.1. The smallest absolute Gasteiger partial charge is 0.235 e. The molecule has 1 aromatic rings. The van der Waals surface area contributed by atoms with Gasteiger partial charge in [-0.2, -0.15) is 5.26 Å². The molecule has 1 aliphatic heterocycles. The normalized spacial score (nSPS) is 19.1. The topological polar surface area (TPSA) is 100 Å². The molecule has 0 spiro atoms. The molecule has 1 aromatic heterocycles. The van der Waals surface area contributed by atoms with Gasteiger partial charge in [-0.3, -0.25) is 9.69 Å². The van der Waals surface area contributed by atoms with Crippen molar-refractivity contribution in [2.45, 2.75) is 42.6 Å². The molecule has 3 rings (SSSR count). The van der Waals surface area contributed by atoms with Crippen molar-refractivity contribution in [3.63, 3.8) is 0 Å². The number of carbonyl (C=O) groups is 1. The molecule has 0 N–H and O–H groups in total. The number of tetrazole rings is 1. The summed E-state index contributed by atoms with van der Waals surface area (Å²) in [6.45, 7) is 7.02. The molecule has 142 valence electrons. The highest BCUT2D eigenvalue weighted by atomic mass is 32.2. The summed E-state index contributed by atoms with van der Waals surface area (Å²) in [4.78, 5) is 17.0. The number of thioether (sulfide) groups is 1. The van der Waals surface area contributed by atoms with Crippen molar-refractivity contribution in [2.75, 3.05) is 45.9 Å². The predicted molar refractivity (Wildman–Crippen MR) is 95.5 cm³/mol. The second kappa shape index (κ2) is 9.30. The van der Waals surface area contributed by atoms with Crippen LogP contribution < -0.4 is 0 Å². The van der Waals surface area contributed by atoms with E-state index in [0.29, 0.717) is 30.7 Å². The first-order chi connectivity index (χ1) is 12.7. The highest BCUT2D eigenvalue weighted by Gasteiger charge is 2.30. The molecule has 1 aliphatic carbocycles. The van der Waals surface area contributed by atoms with E-state index in [2.05, 4.69) is 26.5 Å². The van der Waals surface area contributed by atoms with Gasteiger partial charge in [0.25, 0.3) is 0 Å². The molecular weight excluding hydrogens is 354 g/mol. The number of amides is 1. The summed E-state index contributed by atoms with van der Waals surface area (Å²) in [6.07, 6.45) is 2.52. The first-order valence-corrected chi connectivity index (χ1v) is 9.97. The van der Waals surface area contributed by atoms with E-state index in [4.69, 9.17) is 10.00 Å². The van der Waals surface area contributed by atoms with Crippen molar-refractivity contribution >= 4 is 17.7 Å². The average molecular weight is 379 g/mol. The lowest BCUT2D eigenvalue weighted by atomic mass is 10.3. The lowest BCUT2D eigenvalue weighted by Gasteiger charge is -2.30. The number of carbonyl (C=O) groups excluding carboxylic acids is 1. The van der Waals surface area contributed by atoms with Gasteiger partial charge >= 0.3 is 0 Å². The SMILES string of the molecule is C[C@H](Sc1nnnn1C1CC1)C(=O)N(CCC#N)CCN1CCOCC1. The molecule has 2 aliphatic rings. The second-order valence-electron chi connectivity index (χ2n) is 6.58. The van der Waals surface area contributed by atoms with Crippen LogP contribution in [0.15, 0.2) is 5.16 Å². The lowest BCUT2D eigenvalue weighted by Crippen LogP contribution is -2.45. The largest absolute Gasteiger partial charge is 0.379 e. The first-order valence-electron chi connectivity index (χ1n) is 9.09. The highest BCUT2D eigenvalue weighted by Crippen LogP contribution is 2.37. The van der Waals surface area contributed by atoms with Crippen molar-refractivity contribution in [3.8, 4) is 6.07 Å². The van der Waals surface area contributed by atoms with Crippen molar-refractivity contribution in [1.82, 2.24) is 30.0 Å². The average Bonchev–Trinajstić information content (AvgIpc) is 3.41. The van der Waals surface area contributed by atoms with Gasteiger partial charge < -0.3 is 9.64 Å². The number of ether oxygens (including phenoxy) is 1. The van der Waals surface area contributed by atoms with Gasteiger partial charge in [0.05, 0.1) is 37.0 Å². The molecule has 26 heavy (non-hydrogen) atoms. The molecule has 9 nitrogen and oxygen atoms in total. The number of morpholine rings is 1. The molecule has 0 aromatic carbocycles. The summed E-state index contributed by atoms with van der Waals surface area (Å²) in [6, 6.07) is 2.52. The maximum atomic E-state index is 12.9. The number of nitriles is 1. The zero-order valence-electron chi connectivity index (χ0n) is 15.1. The minimum absolute atomic E-state index is 0.0313. The fourth-order valence-corrected chi connectivity index (χ4v) is 3.82. The molecule has 2 fully saturated rings. The standard InChI is InChI=1S/C16H25N7O2S/c1-13(26-16-18-19-20-23(16)14-3-4-14)15(24)22(6-2-5-17)8-7-21-9-11-25-12-10-21/h13-14H,2-4,6-12H2,1H3/t13-/m0/s1. The maximum absolute atomic E-state index is 12.9. The van der Waals surface area contributed by atoms with E-state index in [9.17, 15) is 4.79 Å². The van der Waals surface area contributed by atoms with Crippen LogP contribution in [-0.4, -0.2) is 87.1 Å². The van der Waals surface area contributed by atoms with E-state index >= 15 is 0 Å². The summed E-state index contributed by atoms with van der Waals surface area (Å²) >= 11 is 1.40. The van der Waals surface area contributed by atoms with Crippen molar-refractivity contribution in [2.24, 2.45) is 0 Å². The molecule has 1 saturated heterocycles. The number of hydrogen-bond acceptors (Lipinski definition) is 8. The van der Waals surface area contributed by atoms with Crippen LogP contribution in [0.5, 0.6) is 0 Å². The van der Waals surface area contributed by atoms with E-state index in [1.807, 2.05) is 11.6 Å². The Kier molecular flexibility index (Phi) is 6.82. The van der Waals surface area contributed by atoms with Crippen LogP contribution in [0.25, 0.3) is 0 Å². The Hall–Kier alpha value is -1.70. The fraction of sp³-hybridized carbons (Fsp3) is 0.812. The molecule has 1 atom stereocenters. The van der Waals surface area contributed by atoms with Crippen LogP contribution in [0.4, 0.5) is 0 Å². The number of aromatic nitrogens is 4. The summed E-state index contributed by atoms with van der Waals surface area (Å²) in [5, 5.41) is 21.2. The maximum Gasteiger partial charge on any atom is 0.235 e. The zero-order chi connectivity index (χ0) is 18.4. The van der Waals surface area contributed by atoms with E-state index < -0.39 is 0 Å². The van der Waals surface area contributed by atoms with E-state index in [0.717, 1.165) is 45.7 Å². The lowest BCUT2D eigenvalue weighted by molar-refractivity contribution is -0.130. The summed E-state index contributed by atoms with van der Waals surface area (Å²) in [5.41, 5.74) is 0. The minimum atomic E-state index is -0.290. The molecule has 0 bridgehead atoms. The van der Waals surface area contributed by atoms with Gasteiger partial charge in [0.2, 0.25) is 11.1 Å². The summed E-state index contributed by atoms with van der Waals surface area (Å²) < 4.78 is 7.18. The molecule has 10 heteroatoms. The Morgan fingerprint density at radius 3 is 2.88 bits per heavy atom. The third-order valence-electron chi connectivity index (χ3n) is 4.58. The molecule has 0 radical (unpaired) electrons.